The fourth-order valence-corrected chi connectivity index (χ4v) is 1.70. The summed E-state index contributed by atoms with van der Waals surface area (Å²) < 4.78 is 28.9. The summed E-state index contributed by atoms with van der Waals surface area (Å²) >= 11 is 0. The van der Waals surface area contributed by atoms with Crippen molar-refractivity contribution in [3.63, 3.8) is 0 Å². The number of nitrogens with zero attached hydrogens (tertiary/aromatic N) is 1. The molecule has 0 aliphatic heterocycles. The lowest BCUT2D eigenvalue weighted by Crippen LogP contribution is -2.10. The molecule has 1 aromatic rings. The minimum atomic E-state index is -3.05. The Balaban J connectivity index is 3.32. The molecule has 4 nitrogen and oxygen atoms in total. The lowest BCUT2D eigenvalue weighted by Gasteiger charge is -2.14. The highest BCUT2D eigenvalue weighted by Gasteiger charge is 2.18. The first-order chi connectivity index (χ1) is 8.49. The molecular weight excluding hydrogens is 244 g/mol. The fraction of sp³-hybridized carbons (Fsp3) is 0.333. The average Bonchev–Trinajstić information content (AvgIpc) is 2.28. The third-order valence-electron chi connectivity index (χ3n) is 2.38. The number of hydrogen-bond acceptors (Lipinski definition) is 3. The van der Waals surface area contributed by atoms with Crippen molar-refractivity contribution < 1.29 is 23.4 Å². The highest BCUT2D eigenvalue weighted by atomic mass is 19.3. The van der Waals surface area contributed by atoms with Crippen LogP contribution in [0.1, 0.15) is 23.6 Å². The van der Waals surface area contributed by atoms with Gasteiger partial charge in [0.25, 0.3) is 0 Å². The highest BCUT2D eigenvalue weighted by molar-refractivity contribution is 5.71. The average molecular weight is 255 g/mol. The molecule has 1 rings (SSSR count). The van der Waals surface area contributed by atoms with Crippen LogP contribution < -0.4 is 4.74 Å². The Kier molecular flexibility index (Phi) is 4.60. The number of carboxylic acid groups (broad SMARTS) is 1. The number of ether oxygens (including phenoxy) is 1. The molecule has 0 saturated heterocycles. The van der Waals surface area contributed by atoms with Crippen molar-refractivity contribution in [3.05, 3.63) is 28.8 Å². The van der Waals surface area contributed by atoms with Crippen molar-refractivity contribution in [3.8, 4) is 11.8 Å². The number of aliphatic carboxylic acids is 1. The van der Waals surface area contributed by atoms with Gasteiger partial charge in [0.05, 0.1) is 12.0 Å². The number of benzene rings is 1. The normalized spacial score (nSPS) is 10.2. The van der Waals surface area contributed by atoms with E-state index in [-0.39, 0.29) is 17.7 Å². The van der Waals surface area contributed by atoms with E-state index in [2.05, 4.69) is 4.74 Å². The first-order valence-corrected chi connectivity index (χ1v) is 5.21. The number of nitriles is 1. The topological polar surface area (TPSA) is 70.3 Å². The lowest BCUT2D eigenvalue weighted by molar-refractivity contribution is -0.136. The first-order valence-electron chi connectivity index (χ1n) is 5.21. The van der Waals surface area contributed by atoms with Crippen LogP contribution in [0.25, 0.3) is 0 Å². The van der Waals surface area contributed by atoms with Gasteiger partial charge < -0.3 is 9.84 Å². The highest BCUT2D eigenvalue weighted by Crippen LogP contribution is 2.29. The van der Waals surface area contributed by atoms with Crippen molar-refractivity contribution in [2.45, 2.75) is 26.4 Å². The molecule has 0 amide bonds. The minimum Gasteiger partial charge on any atom is -0.481 e. The number of halogens is 2. The monoisotopic (exact) mass is 255 g/mol. The van der Waals surface area contributed by atoms with Crippen LogP contribution in [0.3, 0.4) is 0 Å². The van der Waals surface area contributed by atoms with Crippen LogP contribution in [0.5, 0.6) is 5.75 Å². The Hall–Kier alpha value is -2.16. The second-order valence-corrected chi connectivity index (χ2v) is 3.49. The molecule has 0 spiro atoms. The summed E-state index contributed by atoms with van der Waals surface area (Å²) in [6.07, 6.45) is 0.00860. The summed E-state index contributed by atoms with van der Waals surface area (Å²) in [4.78, 5) is 10.7. The number of alkyl halides is 2. The summed E-state index contributed by atoms with van der Waals surface area (Å²) in [5, 5.41) is 17.6. The maximum Gasteiger partial charge on any atom is 0.387 e. The van der Waals surface area contributed by atoms with Gasteiger partial charge in [-0.15, -0.1) is 0 Å². The third kappa shape index (κ3) is 3.17. The van der Waals surface area contributed by atoms with Gasteiger partial charge in [0.2, 0.25) is 0 Å². The van der Waals surface area contributed by atoms with E-state index in [0.29, 0.717) is 17.5 Å². The molecule has 0 aliphatic rings. The molecule has 0 atom stereocenters. The molecule has 6 heteroatoms. The number of hydrogen-bond donors (Lipinski definition) is 1. The maximum absolute atomic E-state index is 12.3. The smallest absolute Gasteiger partial charge is 0.387 e. The van der Waals surface area contributed by atoms with Crippen LogP contribution in [0.2, 0.25) is 0 Å². The van der Waals surface area contributed by atoms with Crippen molar-refractivity contribution in [2.24, 2.45) is 0 Å². The summed E-state index contributed by atoms with van der Waals surface area (Å²) in [5.41, 5.74) is 0.678. The quantitative estimate of drug-likeness (QED) is 0.876. The molecule has 1 aromatic carbocycles. The first kappa shape index (κ1) is 13.9. The predicted octanol–water partition coefficient (Wildman–Crippen LogP) is 2.35. The second-order valence-electron chi connectivity index (χ2n) is 3.49. The van der Waals surface area contributed by atoms with E-state index < -0.39 is 12.6 Å². The molecule has 0 unspecified atom stereocenters. The maximum atomic E-state index is 12.3. The van der Waals surface area contributed by atoms with Gasteiger partial charge in [-0.2, -0.15) is 14.0 Å². The van der Waals surface area contributed by atoms with E-state index in [1.165, 1.54) is 12.1 Å². The Morgan fingerprint density at radius 3 is 2.67 bits per heavy atom. The molecular formula is C12H11F2NO3. The SMILES string of the molecule is CCc1c(CC(=O)O)ccc(C#N)c1OC(F)F. The Labute approximate surface area is 102 Å². The molecule has 0 fully saturated rings. The number of rotatable bonds is 5. The standard InChI is InChI=1S/C12H11F2NO3/c1-2-9-7(5-10(16)17)3-4-8(6-15)11(9)18-12(13)14/h3-4,12H,2,5H2,1H3,(H,16,17). The van der Waals surface area contributed by atoms with Gasteiger partial charge >= 0.3 is 12.6 Å². The van der Waals surface area contributed by atoms with Gasteiger partial charge in [-0.3, -0.25) is 4.79 Å². The molecule has 0 heterocycles. The Morgan fingerprint density at radius 2 is 2.22 bits per heavy atom. The molecule has 18 heavy (non-hydrogen) atoms. The van der Waals surface area contributed by atoms with Gasteiger partial charge in [0, 0.05) is 0 Å². The Bertz CT molecular complexity index is 495. The van der Waals surface area contributed by atoms with E-state index in [1.54, 1.807) is 13.0 Å². The van der Waals surface area contributed by atoms with Crippen molar-refractivity contribution in [1.82, 2.24) is 0 Å². The fourth-order valence-electron chi connectivity index (χ4n) is 1.70. The van der Waals surface area contributed by atoms with Gasteiger partial charge in [0.15, 0.2) is 0 Å². The van der Waals surface area contributed by atoms with Crippen molar-refractivity contribution in [1.29, 1.82) is 5.26 Å². The van der Waals surface area contributed by atoms with Crippen molar-refractivity contribution in [2.75, 3.05) is 0 Å². The Morgan fingerprint density at radius 1 is 1.56 bits per heavy atom. The molecule has 0 radical (unpaired) electrons. The van der Waals surface area contributed by atoms with E-state index in [9.17, 15) is 13.6 Å². The van der Waals surface area contributed by atoms with Crippen LogP contribution in [-0.4, -0.2) is 17.7 Å². The zero-order valence-corrected chi connectivity index (χ0v) is 9.61. The van der Waals surface area contributed by atoms with E-state index in [4.69, 9.17) is 10.4 Å². The molecule has 0 saturated carbocycles. The molecule has 96 valence electrons. The van der Waals surface area contributed by atoms with Crippen LogP contribution in [-0.2, 0) is 17.6 Å². The third-order valence-corrected chi connectivity index (χ3v) is 2.38. The second kappa shape index (κ2) is 5.96. The zero-order chi connectivity index (χ0) is 13.7. The van der Waals surface area contributed by atoms with E-state index in [0.717, 1.165) is 0 Å². The molecule has 1 N–H and O–H groups in total. The van der Waals surface area contributed by atoms with Gasteiger partial charge in [-0.25, -0.2) is 0 Å². The zero-order valence-electron chi connectivity index (χ0n) is 9.61. The van der Waals surface area contributed by atoms with Crippen LogP contribution >= 0.6 is 0 Å². The predicted molar refractivity (Wildman–Crippen MR) is 58.5 cm³/mol. The van der Waals surface area contributed by atoms with Crippen molar-refractivity contribution >= 4 is 5.97 Å². The number of carboxylic acids is 1. The molecule has 0 bridgehead atoms. The molecule has 0 aromatic heterocycles. The van der Waals surface area contributed by atoms with E-state index in [1.807, 2.05) is 0 Å². The summed E-state index contributed by atoms with van der Waals surface area (Å²) in [6.45, 7) is -1.37. The van der Waals surface area contributed by atoms with E-state index >= 15 is 0 Å². The summed E-state index contributed by atoms with van der Waals surface area (Å²) in [6, 6.07) is 4.49. The number of carbonyl (C=O) groups is 1. The van der Waals surface area contributed by atoms with Gasteiger partial charge in [-0.1, -0.05) is 13.0 Å². The summed E-state index contributed by atoms with van der Waals surface area (Å²) in [5.74, 6) is -1.30. The summed E-state index contributed by atoms with van der Waals surface area (Å²) in [7, 11) is 0. The lowest BCUT2D eigenvalue weighted by atomic mass is 9.98. The van der Waals surface area contributed by atoms with Gasteiger partial charge in [-0.05, 0) is 23.6 Å². The minimum absolute atomic E-state index is 0.0266. The largest absolute Gasteiger partial charge is 0.481 e. The van der Waals surface area contributed by atoms with Crippen LogP contribution in [0.4, 0.5) is 8.78 Å². The molecule has 0 aliphatic carbocycles. The van der Waals surface area contributed by atoms with Crippen LogP contribution in [0, 0.1) is 11.3 Å². The van der Waals surface area contributed by atoms with Gasteiger partial charge in [0.1, 0.15) is 11.8 Å². The van der Waals surface area contributed by atoms with Crippen LogP contribution in [0.15, 0.2) is 12.1 Å².